The Bertz CT molecular complexity index is 1060. The Hall–Kier alpha value is -3.54. The molecule has 4 rings (SSSR count). The van der Waals surface area contributed by atoms with Gasteiger partial charge in [0.2, 0.25) is 11.9 Å². The first-order valence-corrected chi connectivity index (χ1v) is 9.96. The van der Waals surface area contributed by atoms with E-state index in [-0.39, 0.29) is 29.1 Å². The van der Waals surface area contributed by atoms with Crippen molar-refractivity contribution in [3.8, 4) is 11.4 Å². The third-order valence-electron chi connectivity index (χ3n) is 4.78. The van der Waals surface area contributed by atoms with Gasteiger partial charge in [0.15, 0.2) is 5.82 Å². The third-order valence-corrected chi connectivity index (χ3v) is 4.78. The van der Waals surface area contributed by atoms with Crippen LogP contribution in [0.1, 0.15) is 11.3 Å². The zero-order chi connectivity index (χ0) is 22.6. The van der Waals surface area contributed by atoms with E-state index < -0.39 is 11.7 Å². The number of anilines is 3. The lowest BCUT2D eigenvalue weighted by molar-refractivity contribution is -0.137. The predicted molar refractivity (Wildman–Crippen MR) is 112 cm³/mol. The average molecular weight is 446 g/mol. The second kappa shape index (κ2) is 9.30. The number of ether oxygens (including phenoxy) is 1. The molecule has 0 saturated carbocycles. The molecule has 3 N–H and O–H groups in total. The van der Waals surface area contributed by atoms with Crippen LogP contribution in [0, 0.1) is 0 Å². The Balaban J connectivity index is 1.68. The van der Waals surface area contributed by atoms with Gasteiger partial charge in [-0.15, -0.1) is 0 Å². The largest absolute Gasteiger partial charge is 0.417 e. The van der Waals surface area contributed by atoms with Crippen LogP contribution < -0.4 is 16.0 Å². The van der Waals surface area contributed by atoms with Crippen molar-refractivity contribution in [2.24, 2.45) is 0 Å². The summed E-state index contributed by atoms with van der Waals surface area (Å²) in [6.45, 7) is 2.42. The van der Waals surface area contributed by atoms with E-state index in [0.29, 0.717) is 39.3 Å². The lowest BCUT2D eigenvalue weighted by Crippen LogP contribution is -2.37. The van der Waals surface area contributed by atoms with Crippen LogP contribution in [0.15, 0.2) is 36.7 Å². The zero-order valence-electron chi connectivity index (χ0n) is 17.0. The smallest absolute Gasteiger partial charge is 0.384 e. The Kier molecular flexibility index (Phi) is 6.30. The summed E-state index contributed by atoms with van der Waals surface area (Å²) in [6, 6.07) is 6.37. The quantitative estimate of drug-likeness (QED) is 0.589. The fourth-order valence-electron chi connectivity index (χ4n) is 3.20. The summed E-state index contributed by atoms with van der Waals surface area (Å²) in [5.41, 5.74) is 5.14. The number of nitrogen functional groups attached to an aromatic ring is 1. The van der Waals surface area contributed by atoms with E-state index in [1.54, 1.807) is 6.20 Å². The van der Waals surface area contributed by atoms with Crippen LogP contribution in [0.3, 0.4) is 0 Å². The monoisotopic (exact) mass is 446 g/mol. The molecule has 1 aliphatic rings. The van der Waals surface area contributed by atoms with Gasteiger partial charge in [0, 0.05) is 44.1 Å². The summed E-state index contributed by atoms with van der Waals surface area (Å²) in [4.78, 5) is 22.9. The summed E-state index contributed by atoms with van der Waals surface area (Å²) in [7, 11) is 0. The summed E-state index contributed by atoms with van der Waals surface area (Å²) in [6.07, 6.45) is -1.33. The van der Waals surface area contributed by atoms with E-state index in [1.165, 1.54) is 0 Å². The molecule has 0 spiro atoms. The highest BCUT2D eigenvalue weighted by atomic mass is 19.4. The highest BCUT2D eigenvalue weighted by molar-refractivity contribution is 5.64. The van der Waals surface area contributed by atoms with Gasteiger partial charge in [-0.1, -0.05) is 6.07 Å². The number of hydrogen-bond acceptors (Lipinski definition) is 9. The highest BCUT2D eigenvalue weighted by Crippen LogP contribution is 2.37. The number of nitrogens with two attached hydrogens (primary N) is 1. The fraction of sp³-hybridized carbons (Fsp3) is 0.350. The molecule has 168 valence electrons. The number of morpholine rings is 1. The minimum Gasteiger partial charge on any atom is -0.384 e. The van der Waals surface area contributed by atoms with Crippen LogP contribution >= 0.6 is 0 Å². The van der Waals surface area contributed by atoms with Crippen LogP contribution in [0.5, 0.6) is 0 Å². The second-order valence-electron chi connectivity index (χ2n) is 7.03. The maximum Gasteiger partial charge on any atom is 0.417 e. The van der Waals surface area contributed by atoms with Gasteiger partial charge in [-0.3, -0.25) is 4.98 Å². The van der Waals surface area contributed by atoms with Gasteiger partial charge in [-0.05, 0) is 18.2 Å². The van der Waals surface area contributed by atoms with Crippen LogP contribution in [-0.4, -0.2) is 57.8 Å². The number of halogens is 3. The van der Waals surface area contributed by atoms with E-state index in [9.17, 15) is 13.2 Å². The first-order chi connectivity index (χ1) is 15.4. The van der Waals surface area contributed by atoms with E-state index >= 15 is 0 Å². The number of nitrogens with one attached hydrogen (secondary N) is 1. The van der Waals surface area contributed by atoms with Crippen molar-refractivity contribution < 1.29 is 17.9 Å². The van der Waals surface area contributed by atoms with Crippen molar-refractivity contribution in [1.29, 1.82) is 0 Å². The van der Waals surface area contributed by atoms with Crippen molar-refractivity contribution >= 4 is 17.7 Å². The van der Waals surface area contributed by atoms with E-state index in [1.807, 2.05) is 23.1 Å². The molecule has 0 aliphatic carbocycles. The van der Waals surface area contributed by atoms with Crippen molar-refractivity contribution in [2.75, 3.05) is 48.8 Å². The maximum absolute atomic E-state index is 13.7. The third kappa shape index (κ3) is 5.19. The predicted octanol–water partition coefficient (Wildman–Crippen LogP) is 2.42. The van der Waals surface area contributed by atoms with Gasteiger partial charge in [-0.2, -0.15) is 28.1 Å². The average Bonchev–Trinajstić information content (AvgIpc) is 2.79. The second-order valence-corrected chi connectivity index (χ2v) is 7.03. The molecular formula is C20H21F3N8O. The number of alkyl halides is 3. The topological polar surface area (TPSA) is 115 Å². The summed E-state index contributed by atoms with van der Waals surface area (Å²) in [5.74, 6) is 0.0554. The molecular weight excluding hydrogens is 425 g/mol. The maximum atomic E-state index is 13.7. The number of rotatable bonds is 6. The van der Waals surface area contributed by atoms with Crippen molar-refractivity contribution in [1.82, 2.24) is 24.9 Å². The normalized spacial score (nSPS) is 14.4. The Labute approximate surface area is 181 Å². The highest BCUT2D eigenvalue weighted by Gasteiger charge is 2.35. The first-order valence-electron chi connectivity index (χ1n) is 9.96. The molecule has 0 atom stereocenters. The van der Waals surface area contributed by atoms with Crippen molar-refractivity contribution in [3.05, 3.63) is 47.9 Å². The summed E-state index contributed by atoms with van der Waals surface area (Å²) < 4.78 is 46.3. The van der Waals surface area contributed by atoms with Gasteiger partial charge in [0.25, 0.3) is 0 Å². The number of nitrogens with zero attached hydrogens (tertiary/aromatic N) is 6. The molecule has 3 aromatic rings. The molecule has 12 heteroatoms. The summed E-state index contributed by atoms with van der Waals surface area (Å²) in [5, 5.41) is 3.07. The number of pyridine rings is 2. The Morgan fingerprint density at radius 3 is 2.62 bits per heavy atom. The molecule has 0 aromatic carbocycles. The van der Waals surface area contributed by atoms with Gasteiger partial charge < -0.3 is 20.7 Å². The van der Waals surface area contributed by atoms with Crippen molar-refractivity contribution in [3.63, 3.8) is 0 Å². The van der Waals surface area contributed by atoms with Crippen molar-refractivity contribution in [2.45, 2.75) is 12.6 Å². The molecule has 3 aromatic heterocycles. The number of hydrogen-bond donors (Lipinski definition) is 2. The van der Waals surface area contributed by atoms with Gasteiger partial charge in [0.1, 0.15) is 5.82 Å². The number of aromatic nitrogens is 5. The summed E-state index contributed by atoms with van der Waals surface area (Å²) >= 11 is 0. The van der Waals surface area contributed by atoms with Crippen LogP contribution in [0.2, 0.25) is 0 Å². The molecule has 4 heterocycles. The molecule has 32 heavy (non-hydrogen) atoms. The van der Waals surface area contributed by atoms with Crippen LogP contribution in [0.25, 0.3) is 11.4 Å². The molecule has 0 unspecified atom stereocenters. The molecule has 1 saturated heterocycles. The molecule has 0 amide bonds. The van der Waals surface area contributed by atoms with Gasteiger partial charge in [-0.25, -0.2) is 4.98 Å². The Morgan fingerprint density at radius 2 is 1.91 bits per heavy atom. The van der Waals surface area contributed by atoms with E-state index in [0.717, 1.165) is 18.0 Å². The molecule has 9 nitrogen and oxygen atoms in total. The minimum absolute atomic E-state index is 0.137. The molecule has 0 bridgehead atoms. The zero-order valence-corrected chi connectivity index (χ0v) is 17.0. The first kappa shape index (κ1) is 21.7. The fourth-order valence-corrected chi connectivity index (χ4v) is 3.20. The standard InChI is InChI=1S/C20H21F3N8O/c21-20(22,23)15-11-16(24)27-12-14(15)17-28-18(26-6-4-13-3-1-2-5-25-13)30-19(29-17)31-7-9-32-10-8-31/h1-3,5,11-12H,4,6-10H2,(H2,24,27)(H,26,28,29,30). The van der Waals surface area contributed by atoms with E-state index in [4.69, 9.17) is 10.5 Å². The Morgan fingerprint density at radius 1 is 1.09 bits per heavy atom. The van der Waals surface area contributed by atoms with Gasteiger partial charge in [0.05, 0.1) is 24.3 Å². The van der Waals surface area contributed by atoms with E-state index in [2.05, 4.69) is 30.2 Å². The lowest BCUT2D eigenvalue weighted by Gasteiger charge is -2.27. The van der Waals surface area contributed by atoms with Crippen LogP contribution in [-0.2, 0) is 17.3 Å². The minimum atomic E-state index is -4.65. The molecule has 0 radical (unpaired) electrons. The van der Waals surface area contributed by atoms with Crippen LogP contribution in [0.4, 0.5) is 30.9 Å². The van der Waals surface area contributed by atoms with Gasteiger partial charge >= 0.3 is 6.18 Å². The SMILES string of the molecule is Nc1cc(C(F)(F)F)c(-c2nc(NCCc3ccccn3)nc(N3CCOCC3)n2)cn1. The molecule has 1 fully saturated rings. The lowest BCUT2D eigenvalue weighted by atomic mass is 10.1. The molecule has 1 aliphatic heterocycles.